The monoisotopic (exact) mass is 321 g/mol. The average Bonchev–Trinajstić information content (AvgIpc) is 2.69. The van der Waals surface area contributed by atoms with Crippen molar-refractivity contribution in [2.75, 3.05) is 4.90 Å². The molecule has 0 unspecified atom stereocenters. The van der Waals surface area contributed by atoms with Gasteiger partial charge in [0.2, 0.25) is 6.10 Å². The number of β-lactam (4-membered cyclic amide) rings is 1. The van der Waals surface area contributed by atoms with Crippen LogP contribution in [-0.2, 0) is 4.79 Å². The fraction of sp³-hybridized carbons (Fsp3) is 0.250. The first-order chi connectivity index (χ1) is 11.6. The number of allylic oxidation sites excluding steroid dienone is 1. The van der Waals surface area contributed by atoms with Crippen LogP contribution in [0.5, 0.6) is 5.75 Å². The Balaban J connectivity index is 1.75. The molecule has 0 radical (unpaired) electrons. The molecule has 2 aliphatic rings. The van der Waals surface area contributed by atoms with Crippen LogP contribution in [-0.4, -0.2) is 29.3 Å². The number of aliphatic hydroxyl groups is 1. The summed E-state index contributed by atoms with van der Waals surface area (Å²) in [6.07, 6.45) is -1.42. The molecule has 3 atom stereocenters. The van der Waals surface area contributed by atoms with Gasteiger partial charge >= 0.3 is 0 Å². The highest BCUT2D eigenvalue weighted by atomic mass is 16.5. The molecule has 2 heterocycles. The van der Waals surface area contributed by atoms with Crippen molar-refractivity contribution in [2.24, 2.45) is 0 Å². The fourth-order valence-corrected chi connectivity index (χ4v) is 3.53. The van der Waals surface area contributed by atoms with Gasteiger partial charge in [-0.3, -0.25) is 9.69 Å². The van der Waals surface area contributed by atoms with Crippen molar-refractivity contribution in [1.82, 2.24) is 0 Å². The molecule has 0 aliphatic carbocycles. The lowest BCUT2D eigenvalue weighted by atomic mass is 9.89. The van der Waals surface area contributed by atoms with Crippen molar-refractivity contribution in [3.63, 3.8) is 0 Å². The first-order valence-electron chi connectivity index (χ1n) is 8.09. The van der Waals surface area contributed by atoms with Gasteiger partial charge in [0.25, 0.3) is 5.91 Å². The molecule has 122 valence electrons. The van der Waals surface area contributed by atoms with Crippen LogP contribution < -0.4 is 9.64 Å². The van der Waals surface area contributed by atoms with E-state index in [1.807, 2.05) is 68.4 Å². The number of fused-ring (bicyclic) bond motifs is 3. The number of aliphatic hydroxyl groups excluding tert-OH is 1. The van der Waals surface area contributed by atoms with E-state index in [2.05, 4.69) is 0 Å². The highest BCUT2D eigenvalue weighted by Gasteiger charge is 2.55. The van der Waals surface area contributed by atoms with Crippen molar-refractivity contribution in [1.29, 1.82) is 0 Å². The Morgan fingerprint density at radius 1 is 1.00 bits per heavy atom. The number of hydrogen-bond acceptors (Lipinski definition) is 3. The number of rotatable bonds is 2. The van der Waals surface area contributed by atoms with Crippen LogP contribution in [0.2, 0.25) is 0 Å². The molecule has 1 fully saturated rings. The van der Waals surface area contributed by atoms with Gasteiger partial charge in [0.1, 0.15) is 17.9 Å². The third-order valence-corrected chi connectivity index (χ3v) is 5.02. The summed E-state index contributed by atoms with van der Waals surface area (Å²) in [7, 11) is 0. The van der Waals surface area contributed by atoms with Gasteiger partial charge in [-0.2, -0.15) is 0 Å². The first kappa shape index (κ1) is 15.0. The van der Waals surface area contributed by atoms with Crippen LogP contribution in [0.3, 0.4) is 0 Å². The van der Waals surface area contributed by atoms with E-state index >= 15 is 0 Å². The minimum absolute atomic E-state index is 0.113. The molecule has 4 nitrogen and oxygen atoms in total. The van der Waals surface area contributed by atoms with Crippen molar-refractivity contribution in [3.8, 4) is 5.75 Å². The zero-order valence-corrected chi connectivity index (χ0v) is 13.6. The lowest BCUT2D eigenvalue weighted by molar-refractivity contribution is -0.137. The normalized spacial score (nSPS) is 25.5. The summed E-state index contributed by atoms with van der Waals surface area (Å²) < 4.78 is 5.88. The Morgan fingerprint density at radius 2 is 1.67 bits per heavy atom. The Kier molecular flexibility index (Phi) is 3.43. The number of carbonyl (C=O) groups is 1. The maximum absolute atomic E-state index is 12.7. The Morgan fingerprint density at radius 3 is 2.42 bits per heavy atom. The minimum atomic E-state index is -0.746. The molecular formula is C20H19NO3. The van der Waals surface area contributed by atoms with E-state index < -0.39 is 18.2 Å². The molecule has 0 saturated carbocycles. The highest BCUT2D eigenvalue weighted by molar-refractivity contribution is 6.08. The van der Waals surface area contributed by atoms with Gasteiger partial charge < -0.3 is 9.84 Å². The number of para-hydroxylation sites is 2. The smallest absolute Gasteiger partial charge is 0.270 e. The number of anilines is 1. The molecule has 0 bridgehead atoms. The summed E-state index contributed by atoms with van der Waals surface area (Å²) in [5.41, 5.74) is 3.72. The van der Waals surface area contributed by atoms with Crippen molar-refractivity contribution in [3.05, 3.63) is 65.7 Å². The predicted octanol–water partition coefficient (Wildman–Crippen LogP) is 3.02. The molecule has 1 N–H and O–H groups in total. The second-order valence-corrected chi connectivity index (χ2v) is 6.32. The van der Waals surface area contributed by atoms with Gasteiger partial charge in [-0.15, -0.1) is 0 Å². The Hall–Kier alpha value is -2.59. The van der Waals surface area contributed by atoms with Crippen LogP contribution in [0.25, 0.3) is 5.57 Å². The van der Waals surface area contributed by atoms with E-state index in [4.69, 9.17) is 4.74 Å². The van der Waals surface area contributed by atoms with Gasteiger partial charge in [-0.1, -0.05) is 36.4 Å². The Bertz CT molecular complexity index is 828. The Labute approximate surface area is 141 Å². The van der Waals surface area contributed by atoms with Crippen LogP contribution in [0.15, 0.2) is 60.2 Å². The summed E-state index contributed by atoms with van der Waals surface area (Å²) in [5.74, 6) is 0.524. The summed E-state index contributed by atoms with van der Waals surface area (Å²) in [4.78, 5) is 14.4. The minimum Gasteiger partial charge on any atom is -0.478 e. The van der Waals surface area contributed by atoms with Crippen LogP contribution in [0, 0.1) is 0 Å². The van der Waals surface area contributed by atoms with Crippen molar-refractivity contribution in [2.45, 2.75) is 32.1 Å². The first-order valence-corrected chi connectivity index (χ1v) is 8.09. The van der Waals surface area contributed by atoms with Gasteiger partial charge in [-0.25, -0.2) is 0 Å². The second-order valence-electron chi connectivity index (χ2n) is 6.32. The van der Waals surface area contributed by atoms with E-state index in [-0.39, 0.29) is 5.91 Å². The van der Waals surface area contributed by atoms with Crippen molar-refractivity contribution >= 4 is 17.2 Å². The fourth-order valence-electron chi connectivity index (χ4n) is 3.53. The van der Waals surface area contributed by atoms with Crippen LogP contribution in [0.4, 0.5) is 5.69 Å². The standard InChI is InChI=1S/C20H19NO3/c1-12-13(2)18(22)17-19(24-14-8-4-3-5-9-14)20(23)21(17)16-11-7-6-10-15(12)16/h3-11,17-19,22H,1-2H3/t17-,18+,19+/m0/s1. The van der Waals surface area contributed by atoms with E-state index in [1.54, 1.807) is 4.90 Å². The molecule has 0 spiro atoms. The zero-order valence-electron chi connectivity index (χ0n) is 13.6. The second kappa shape index (κ2) is 5.49. The molecule has 1 amide bonds. The van der Waals surface area contributed by atoms with Gasteiger partial charge in [0.05, 0.1) is 5.69 Å². The SMILES string of the molecule is CC1=C(C)[C@@H](O)[C@H]2[C@@H](Oc3ccccc3)C(=O)N2c2ccccc21. The number of ether oxygens (including phenoxy) is 1. The molecular weight excluding hydrogens is 302 g/mol. The van der Waals surface area contributed by atoms with Crippen LogP contribution >= 0.6 is 0 Å². The number of benzene rings is 2. The molecule has 4 heteroatoms. The number of hydrogen-bond donors (Lipinski definition) is 1. The lowest BCUT2D eigenvalue weighted by Crippen LogP contribution is -2.71. The quantitative estimate of drug-likeness (QED) is 0.865. The maximum atomic E-state index is 12.7. The molecule has 2 aromatic carbocycles. The molecule has 2 aliphatic heterocycles. The molecule has 24 heavy (non-hydrogen) atoms. The summed E-state index contributed by atoms with van der Waals surface area (Å²) in [6.45, 7) is 3.91. The van der Waals surface area contributed by atoms with Gasteiger partial charge in [-0.05, 0) is 43.2 Å². The molecule has 1 saturated heterocycles. The number of amides is 1. The molecule has 2 aromatic rings. The van der Waals surface area contributed by atoms with Gasteiger partial charge in [0.15, 0.2) is 0 Å². The largest absolute Gasteiger partial charge is 0.478 e. The van der Waals surface area contributed by atoms with Gasteiger partial charge in [0, 0.05) is 5.56 Å². The van der Waals surface area contributed by atoms with E-state index in [0.29, 0.717) is 5.75 Å². The summed E-state index contributed by atoms with van der Waals surface area (Å²) in [6, 6.07) is 16.6. The maximum Gasteiger partial charge on any atom is 0.270 e. The van der Waals surface area contributed by atoms with E-state index in [1.165, 1.54) is 0 Å². The topological polar surface area (TPSA) is 49.8 Å². The third kappa shape index (κ3) is 2.07. The van der Waals surface area contributed by atoms with Crippen LogP contribution in [0.1, 0.15) is 19.4 Å². The van der Waals surface area contributed by atoms with Crippen molar-refractivity contribution < 1.29 is 14.6 Å². The van der Waals surface area contributed by atoms with E-state index in [9.17, 15) is 9.90 Å². The summed E-state index contributed by atoms with van der Waals surface area (Å²) >= 11 is 0. The average molecular weight is 321 g/mol. The zero-order chi connectivity index (χ0) is 16.8. The highest BCUT2D eigenvalue weighted by Crippen LogP contribution is 2.42. The third-order valence-electron chi connectivity index (χ3n) is 5.02. The lowest BCUT2D eigenvalue weighted by Gasteiger charge is -2.48. The van der Waals surface area contributed by atoms with E-state index in [0.717, 1.165) is 22.4 Å². The summed E-state index contributed by atoms with van der Waals surface area (Å²) in [5, 5.41) is 10.8. The number of nitrogens with zero attached hydrogens (tertiary/aromatic N) is 1. The molecule has 0 aromatic heterocycles. The molecule has 4 rings (SSSR count). The predicted molar refractivity (Wildman–Crippen MR) is 92.8 cm³/mol. The number of carbonyl (C=O) groups excluding carboxylic acids is 1.